The van der Waals surface area contributed by atoms with E-state index in [0.717, 1.165) is 13.3 Å². The number of sulfone groups is 5. The Bertz CT molecular complexity index is 6100. The zero-order valence-corrected chi connectivity index (χ0v) is 78.2. The highest BCUT2D eigenvalue weighted by Crippen LogP contribution is 2.49. The Morgan fingerprint density at radius 2 is 0.806 bits per heavy atom. The molecule has 0 unspecified atom stereocenters. The summed E-state index contributed by atoms with van der Waals surface area (Å²) in [5, 5.41) is 21.0. The fourth-order valence-corrected chi connectivity index (χ4v) is 27.2. The number of piperidine rings is 4. The quantitative estimate of drug-likeness (QED) is 0.113. The number of hydrogen-bond donors (Lipinski definition) is 3. The first-order valence-corrected chi connectivity index (χ1v) is 51.3. The molecule has 8 heterocycles. The number of rotatable bonds is 9. The van der Waals surface area contributed by atoms with Gasteiger partial charge in [-0.15, -0.1) is 0 Å². The van der Waals surface area contributed by atoms with Crippen molar-refractivity contribution < 1.29 is 117 Å². The summed E-state index contributed by atoms with van der Waals surface area (Å²) in [7, 11) is -23.6. The van der Waals surface area contributed by atoms with Crippen molar-refractivity contribution in [3.63, 3.8) is 0 Å². The van der Waals surface area contributed by atoms with Gasteiger partial charge in [-0.1, -0.05) is 127 Å². The standard InChI is InChI=1S/C20H27NO6S2.C20H19NO4S.C18H23NO5S.C13H15NO3S.C11H16BNO3.C8H8F3NO2S/c1-19(2,3)27-18(22)21-11-9-20(10-12-21)13-15(14-28(4,23)24)16-7-5-6-8-17(16)29(20,25)26;22-17-14-20(26(24,25)18-9-5-4-8-16(17)18)10-12-21(13-11-20)19(23)15-6-2-1-3-7-15;1-17(2,3)24-16(21)19-10-8-18(9-11-19)12-14(20)13-6-4-5-7-15(13)25(18,22)23;15-11-9-13(5-7-14-8-6-13)18(16,17)12-4-2-1-3-10(11)12;1-3-13(4-2)11(14)9-5-7-10(8-6-9)12(15)16;1-12(7-5-3-2-4-6-7)15(13,14)8(9,10)11/h5-8,13H,9-12,14H2,1-4H3;1-9H,10-14H2;4-7H,8-12H2,1-3H3;1-4,14H,5-9H2;5-8,15-16H,3-4H2,1-2H3;2-6H,1H3. The first kappa shape index (κ1) is 101. The number of anilines is 1. The molecule has 15 rings (SSSR count). The molecule has 4 fully saturated rings. The number of halogens is 3. The van der Waals surface area contributed by atoms with Gasteiger partial charge in [0.15, 0.2) is 66.5 Å². The van der Waals surface area contributed by atoms with Gasteiger partial charge in [-0.3, -0.25) is 28.3 Å². The normalized spacial score (nSPS) is 19.2. The second-order valence-electron chi connectivity index (χ2n) is 34.7. The number of Topliss-reactive ketones (excluding diaryl/α,β-unsaturated/α-hetero) is 3. The minimum atomic E-state index is -5.30. The fourth-order valence-electron chi connectivity index (χ4n) is 16.8. The maximum absolute atomic E-state index is 13.5. The zero-order valence-electron chi connectivity index (χ0n) is 73.3. The predicted octanol–water partition coefficient (Wildman–Crippen LogP) is 11.2. The predicted molar refractivity (Wildman–Crippen MR) is 481 cm³/mol. The summed E-state index contributed by atoms with van der Waals surface area (Å²) in [5.41, 5.74) is -3.12. The van der Waals surface area contributed by atoms with Gasteiger partial charge in [0.05, 0.1) is 50.0 Å². The summed E-state index contributed by atoms with van der Waals surface area (Å²) in [4.78, 5) is 93.3. The molecular weight excluding hydrogens is 1790 g/mol. The highest BCUT2D eigenvalue weighted by atomic mass is 32.2. The molecule has 4 amide bonds. The van der Waals surface area contributed by atoms with Gasteiger partial charge in [-0.25, -0.2) is 51.7 Å². The number of carbonyl (C=O) groups excluding carboxylic acids is 7. The summed E-state index contributed by atoms with van der Waals surface area (Å²) >= 11 is 0. The molecule has 129 heavy (non-hydrogen) atoms. The Morgan fingerprint density at radius 1 is 0.465 bits per heavy atom. The van der Waals surface area contributed by atoms with Gasteiger partial charge in [0.1, 0.15) is 11.2 Å². The Hall–Kier alpha value is -10.00. The summed E-state index contributed by atoms with van der Waals surface area (Å²) in [6.45, 7) is 18.9. The van der Waals surface area contributed by atoms with E-state index < -0.39 is 114 Å². The lowest BCUT2D eigenvalue weighted by atomic mass is 9.80. The number of hydrogen-bond acceptors (Lipinski definition) is 24. The van der Waals surface area contributed by atoms with Crippen molar-refractivity contribution in [2.24, 2.45) is 0 Å². The van der Waals surface area contributed by atoms with Crippen LogP contribution in [0.5, 0.6) is 0 Å². The summed E-state index contributed by atoms with van der Waals surface area (Å²) in [5.74, 6) is -0.669. The van der Waals surface area contributed by atoms with Gasteiger partial charge in [-0.2, -0.15) is 21.6 Å². The third kappa shape index (κ3) is 22.1. The largest absolute Gasteiger partial charge is 0.516 e. The van der Waals surface area contributed by atoms with Crippen molar-refractivity contribution >= 4 is 124 Å². The molecule has 696 valence electrons. The van der Waals surface area contributed by atoms with Crippen LogP contribution in [0.1, 0.15) is 183 Å². The van der Waals surface area contributed by atoms with Crippen molar-refractivity contribution in [2.45, 2.75) is 181 Å². The number of amides is 4. The van der Waals surface area contributed by atoms with Crippen molar-refractivity contribution in [3.05, 3.63) is 221 Å². The minimum Gasteiger partial charge on any atom is -0.444 e. The maximum Gasteiger partial charge on any atom is 0.516 e. The average Bonchev–Trinajstić information content (AvgIpc) is 1.51. The van der Waals surface area contributed by atoms with Crippen LogP contribution >= 0.6 is 0 Å². The average molecular weight is 1900 g/mol. The van der Waals surface area contributed by atoms with Crippen molar-refractivity contribution in [1.82, 2.24) is 24.9 Å². The van der Waals surface area contributed by atoms with Crippen LogP contribution in [0, 0.1) is 0 Å². The number of benzene rings is 7. The monoisotopic (exact) mass is 1900 g/mol. The lowest BCUT2D eigenvalue weighted by Crippen LogP contribution is -2.54. The van der Waals surface area contributed by atoms with Crippen LogP contribution in [0.15, 0.2) is 208 Å². The summed E-state index contributed by atoms with van der Waals surface area (Å²) in [6.07, 6.45) is 4.43. The van der Waals surface area contributed by atoms with E-state index in [4.69, 9.17) is 19.5 Å². The van der Waals surface area contributed by atoms with Crippen molar-refractivity contribution in [3.8, 4) is 0 Å². The van der Waals surface area contributed by atoms with E-state index in [1.165, 1.54) is 52.3 Å². The molecule has 0 bridgehead atoms. The molecule has 7 aromatic carbocycles. The van der Waals surface area contributed by atoms with E-state index in [1.807, 2.05) is 19.9 Å². The van der Waals surface area contributed by atoms with Crippen LogP contribution in [-0.2, 0) is 68.7 Å². The van der Waals surface area contributed by atoms with E-state index in [-0.39, 0.29) is 154 Å². The SMILES string of the molecule is CC(C)(C)OC(=O)N1CCC2(C=C(CS(C)(=O)=O)c3ccccc3S2(=O)=O)CC1.CC(C)(C)OC(=O)N1CCC2(CC1)CC(=O)c1ccccc1S2(=O)=O.CCN(CC)C(=O)c1ccc(B(O)O)cc1.CN(c1ccccc1)S(=O)(=O)C(F)(F)F.O=C1CC2(CCN(C(=O)c3ccccc3)CC2)S(=O)(=O)c2ccccc21.O=C1CC2(CCNCC2)S(=O)(=O)c2ccccc21. The van der Waals surface area contributed by atoms with E-state index in [2.05, 4.69) is 5.32 Å². The molecule has 0 saturated carbocycles. The second-order valence-corrected chi connectivity index (χ2v) is 48.0. The molecule has 4 spiro atoms. The van der Waals surface area contributed by atoms with Crippen LogP contribution in [-0.4, -0.2) is 249 Å². The lowest BCUT2D eigenvalue weighted by molar-refractivity contribution is -0.0437. The highest BCUT2D eigenvalue weighted by Gasteiger charge is 2.57. The van der Waals surface area contributed by atoms with E-state index in [9.17, 15) is 97.2 Å². The number of ketones is 3. The summed E-state index contributed by atoms with van der Waals surface area (Å²) < 4.78 is 194. The number of carbonyl (C=O) groups is 7. The van der Waals surface area contributed by atoms with Crippen LogP contribution in [0.3, 0.4) is 0 Å². The molecule has 0 atom stereocenters. The molecule has 4 saturated heterocycles. The Labute approximate surface area is 752 Å². The molecule has 0 radical (unpaired) electrons. The number of para-hydroxylation sites is 1. The van der Waals surface area contributed by atoms with Gasteiger partial charge in [0.2, 0.25) is 0 Å². The molecule has 8 aliphatic heterocycles. The third-order valence-corrected chi connectivity index (χ3v) is 36.6. The number of sulfonamides is 1. The van der Waals surface area contributed by atoms with E-state index >= 15 is 0 Å². The molecule has 0 aromatic heterocycles. The first-order valence-electron chi connectivity index (χ1n) is 41.9. The molecular formula is C90H108BF3N6O23S6. The smallest absolute Gasteiger partial charge is 0.444 e. The van der Waals surface area contributed by atoms with Gasteiger partial charge in [0.25, 0.3) is 11.8 Å². The van der Waals surface area contributed by atoms with Crippen LogP contribution in [0.4, 0.5) is 28.4 Å². The second kappa shape index (κ2) is 39.6. The Kier molecular flexibility index (Phi) is 31.0. The number of ether oxygens (including phenoxy) is 2. The molecule has 39 heteroatoms. The minimum absolute atomic E-state index is 0.000284. The zero-order chi connectivity index (χ0) is 95.1. The van der Waals surface area contributed by atoms with Crippen LogP contribution in [0.2, 0.25) is 0 Å². The van der Waals surface area contributed by atoms with Gasteiger partial charge in [0, 0.05) is 113 Å². The van der Waals surface area contributed by atoms with E-state index in [0.29, 0.717) is 91.0 Å². The Morgan fingerprint density at radius 3 is 1.17 bits per heavy atom. The number of fused-ring (bicyclic) bond motifs is 4. The van der Waals surface area contributed by atoms with Crippen molar-refractivity contribution in [2.75, 3.05) is 88.8 Å². The van der Waals surface area contributed by atoms with Gasteiger partial charge < -0.3 is 44.4 Å². The summed E-state index contributed by atoms with van der Waals surface area (Å²) in [6, 6.07) is 48.2. The molecule has 3 N–H and O–H groups in total. The topological polar surface area (TPSA) is 411 Å². The highest BCUT2D eigenvalue weighted by molar-refractivity contribution is 7.94. The lowest BCUT2D eigenvalue weighted by Gasteiger charge is -2.43. The number of nitrogens with one attached hydrogen (secondary N) is 1. The number of likely N-dealkylation sites (tertiary alicyclic amines) is 3. The first-order chi connectivity index (χ1) is 60.2. The molecule has 0 aliphatic carbocycles. The third-order valence-electron chi connectivity index (χ3n) is 23.9. The fraction of sp³-hybridized carbons (Fsp3) is 0.433. The Balaban J connectivity index is 0.000000164. The molecule has 7 aromatic rings. The number of nitrogens with zero attached hydrogens (tertiary/aromatic N) is 5. The van der Waals surface area contributed by atoms with E-state index in [1.54, 1.807) is 191 Å². The van der Waals surface area contributed by atoms with Crippen LogP contribution in [0.25, 0.3) is 5.57 Å². The molecule has 8 aliphatic rings. The maximum atomic E-state index is 13.5. The molecule has 29 nitrogen and oxygen atoms in total. The number of alkyl halides is 3. The van der Waals surface area contributed by atoms with Crippen molar-refractivity contribution in [1.29, 1.82) is 0 Å². The van der Waals surface area contributed by atoms with Gasteiger partial charge >= 0.3 is 34.8 Å². The van der Waals surface area contributed by atoms with Crippen LogP contribution < -0.4 is 15.1 Å². The van der Waals surface area contributed by atoms with Gasteiger partial charge in [-0.05, 0) is 197 Å².